The topological polar surface area (TPSA) is 43.4 Å². The minimum absolute atomic E-state index is 0.266. The summed E-state index contributed by atoms with van der Waals surface area (Å²) in [4.78, 5) is 23.9. The van der Waals surface area contributed by atoms with Crippen molar-refractivity contribution in [1.82, 2.24) is 0 Å². The van der Waals surface area contributed by atoms with Crippen molar-refractivity contribution in [3.63, 3.8) is 0 Å². The van der Waals surface area contributed by atoms with Gasteiger partial charge >= 0.3 is 5.97 Å². The first-order chi connectivity index (χ1) is 10.6. The van der Waals surface area contributed by atoms with Gasteiger partial charge in [0.1, 0.15) is 0 Å². The summed E-state index contributed by atoms with van der Waals surface area (Å²) in [6.45, 7) is 1.55. The van der Waals surface area contributed by atoms with E-state index in [4.69, 9.17) is 16.3 Å². The van der Waals surface area contributed by atoms with Crippen molar-refractivity contribution in [3.05, 3.63) is 76.8 Å². The molecule has 0 spiro atoms. The fourth-order valence-corrected chi connectivity index (χ4v) is 1.97. The molecule has 0 heterocycles. The van der Waals surface area contributed by atoms with E-state index in [0.29, 0.717) is 10.6 Å². The number of Topliss-reactive ketones (excluding diaryl/α,β-unsaturated/α-hetero) is 1. The maximum Gasteiger partial charge on any atom is 0.331 e. The van der Waals surface area contributed by atoms with Crippen LogP contribution in [-0.4, -0.2) is 17.9 Å². The molecule has 0 fully saturated rings. The number of carbonyl (C=O) groups excluding carboxylic acids is 2. The van der Waals surface area contributed by atoms with Crippen LogP contribution in [0.15, 0.2) is 60.7 Å². The summed E-state index contributed by atoms with van der Waals surface area (Å²) in [5.74, 6) is -0.822. The molecule has 3 nitrogen and oxygen atoms in total. The Morgan fingerprint density at radius 2 is 1.68 bits per heavy atom. The second kappa shape index (κ2) is 7.57. The molecule has 2 rings (SSSR count). The van der Waals surface area contributed by atoms with Crippen molar-refractivity contribution in [2.75, 3.05) is 0 Å². The molecule has 0 amide bonds. The summed E-state index contributed by atoms with van der Waals surface area (Å²) in [5, 5.41) is 0.548. The van der Waals surface area contributed by atoms with E-state index >= 15 is 0 Å². The minimum Gasteiger partial charge on any atom is -0.451 e. The lowest BCUT2D eigenvalue weighted by Crippen LogP contribution is -2.23. The fourth-order valence-electron chi connectivity index (χ4n) is 1.84. The van der Waals surface area contributed by atoms with Crippen LogP contribution in [0.4, 0.5) is 0 Å². The molecular weight excluding hydrogens is 300 g/mol. The predicted molar refractivity (Wildman–Crippen MR) is 86.8 cm³/mol. The molecule has 1 atom stereocenters. The van der Waals surface area contributed by atoms with E-state index in [9.17, 15) is 9.59 Å². The smallest absolute Gasteiger partial charge is 0.331 e. The normalized spacial score (nSPS) is 12.1. The third kappa shape index (κ3) is 4.57. The molecule has 0 unspecified atom stereocenters. The van der Waals surface area contributed by atoms with E-state index in [1.165, 1.54) is 6.08 Å². The van der Waals surface area contributed by atoms with Crippen LogP contribution in [-0.2, 0) is 9.53 Å². The number of rotatable bonds is 5. The third-order valence-electron chi connectivity index (χ3n) is 3.00. The van der Waals surface area contributed by atoms with E-state index in [2.05, 4.69) is 0 Å². The molecule has 0 saturated carbocycles. The van der Waals surface area contributed by atoms with Gasteiger partial charge in [-0.1, -0.05) is 41.9 Å². The van der Waals surface area contributed by atoms with Gasteiger partial charge in [0.25, 0.3) is 0 Å². The van der Waals surface area contributed by atoms with Crippen LogP contribution >= 0.6 is 11.6 Å². The van der Waals surface area contributed by atoms with Gasteiger partial charge in [-0.05, 0) is 42.8 Å². The average Bonchev–Trinajstić information content (AvgIpc) is 2.54. The van der Waals surface area contributed by atoms with Gasteiger partial charge in [0, 0.05) is 16.7 Å². The highest BCUT2D eigenvalue weighted by atomic mass is 35.5. The molecule has 2 aromatic carbocycles. The van der Waals surface area contributed by atoms with E-state index in [0.717, 1.165) is 5.56 Å². The molecule has 22 heavy (non-hydrogen) atoms. The van der Waals surface area contributed by atoms with E-state index < -0.39 is 12.1 Å². The van der Waals surface area contributed by atoms with Crippen LogP contribution in [0, 0.1) is 0 Å². The molecule has 0 radical (unpaired) electrons. The summed E-state index contributed by atoms with van der Waals surface area (Å²) in [5.41, 5.74) is 1.34. The zero-order valence-corrected chi connectivity index (χ0v) is 12.8. The number of hydrogen-bond acceptors (Lipinski definition) is 3. The zero-order chi connectivity index (χ0) is 15.9. The predicted octanol–water partition coefficient (Wildman–Crippen LogP) is 4.17. The van der Waals surface area contributed by atoms with Crippen molar-refractivity contribution in [2.24, 2.45) is 0 Å². The number of esters is 1. The Bertz CT molecular complexity index is 675. The van der Waals surface area contributed by atoms with Crippen molar-refractivity contribution in [1.29, 1.82) is 0 Å². The number of carbonyl (C=O) groups is 2. The van der Waals surface area contributed by atoms with Crippen molar-refractivity contribution in [2.45, 2.75) is 13.0 Å². The number of benzene rings is 2. The number of hydrogen-bond donors (Lipinski definition) is 0. The van der Waals surface area contributed by atoms with Crippen molar-refractivity contribution in [3.8, 4) is 0 Å². The van der Waals surface area contributed by atoms with Gasteiger partial charge in [0.2, 0.25) is 5.78 Å². The Morgan fingerprint density at radius 3 is 2.32 bits per heavy atom. The molecule has 0 aliphatic rings. The van der Waals surface area contributed by atoms with Gasteiger partial charge in [0.15, 0.2) is 6.10 Å². The highest BCUT2D eigenvalue weighted by molar-refractivity contribution is 6.30. The molecule has 0 N–H and O–H groups in total. The van der Waals surface area contributed by atoms with Gasteiger partial charge in [-0.25, -0.2) is 4.79 Å². The highest BCUT2D eigenvalue weighted by Gasteiger charge is 2.18. The molecule has 112 valence electrons. The standard InChI is InChI=1S/C18H15ClO3/c1-13(18(21)15-8-10-16(19)11-9-15)22-17(20)12-7-14-5-3-2-4-6-14/h2-13H,1H3/b12-7+/t13-/m1/s1. The molecule has 0 bridgehead atoms. The monoisotopic (exact) mass is 314 g/mol. The number of halogens is 1. The Morgan fingerprint density at radius 1 is 1.05 bits per heavy atom. The molecule has 0 aliphatic carbocycles. The first kappa shape index (κ1) is 16.0. The third-order valence-corrected chi connectivity index (χ3v) is 3.25. The van der Waals surface area contributed by atoms with Gasteiger partial charge < -0.3 is 4.74 Å². The second-order valence-corrected chi connectivity index (χ2v) is 5.13. The van der Waals surface area contributed by atoms with E-state index in [-0.39, 0.29) is 5.78 Å². The zero-order valence-electron chi connectivity index (χ0n) is 12.0. The molecular formula is C18H15ClO3. The molecule has 4 heteroatoms. The van der Waals surface area contributed by atoms with Crippen LogP contribution in [0.1, 0.15) is 22.8 Å². The van der Waals surface area contributed by atoms with Crippen LogP contribution in [0.5, 0.6) is 0 Å². The van der Waals surface area contributed by atoms with Crippen LogP contribution in [0.3, 0.4) is 0 Å². The van der Waals surface area contributed by atoms with Gasteiger partial charge in [-0.2, -0.15) is 0 Å². The molecule has 0 aromatic heterocycles. The Balaban J connectivity index is 1.94. The summed E-state index contributed by atoms with van der Waals surface area (Å²) in [6.07, 6.45) is 2.09. The van der Waals surface area contributed by atoms with E-state index in [1.807, 2.05) is 30.3 Å². The minimum atomic E-state index is -0.853. The highest BCUT2D eigenvalue weighted by Crippen LogP contribution is 2.12. The SMILES string of the molecule is C[C@@H](OC(=O)/C=C/c1ccccc1)C(=O)c1ccc(Cl)cc1. The lowest BCUT2D eigenvalue weighted by Gasteiger charge is -2.10. The van der Waals surface area contributed by atoms with Gasteiger partial charge in [0.05, 0.1) is 0 Å². The first-order valence-corrected chi connectivity index (χ1v) is 7.17. The van der Waals surface area contributed by atoms with Gasteiger partial charge in [-0.15, -0.1) is 0 Å². The van der Waals surface area contributed by atoms with E-state index in [1.54, 1.807) is 37.3 Å². The van der Waals surface area contributed by atoms with Crippen LogP contribution < -0.4 is 0 Å². The number of ketones is 1. The molecule has 0 saturated heterocycles. The maximum atomic E-state index is 12.1. The largest absolute Gasteiger partial charge is 0.451 e. The Kier molecular flexibility index (Phi) is 5.50. The average molecular weight is 315 g/mol. The summed E-state index contributed by atoms with van der Waals surface area (Å²) < 4.78 is 5.11. The lowest BCUT2D eigenvalue weighted by atomic mass is 10.1. The fraction of sp³-hybridized carbons (Fsp3) is 0.111. The summed E-state index contributed by atoms with van der Waals surface area (Å²) >= 11 is 5.77. The molecule has 0 aliphatic heterocycles. The lowest BCUT2D eigenvalue weighted by molar-refractivity contribution is -0.140. The quantitative estimate of drug-likeness (QED) is 0.472. The maximum absolute atomic E-state index is 12.1. The van der Waals surface area contributed by atoms with Crippen molar-refractivity contribution < 1.29 is 14.3 Å². The van der Waals surface area contributed by atoms with Crippen LogP contribution in [0.25, 0.3) is 6.08 Å². The first-order valence-electron chi connectivity index (χ1n) is 6.80. The molecule has 2 aromatic rings. The summed E-state index contributed by atoms with van der Waals surface area (Å²) in [7, 11) is 0. The summed E-state index contributed by atoms with van der Waals surface area (Å²) in [6, 6.07) is 15.8. The second-order valence-electron chi connectivity index (χ2n) is 4.69. The van der Waals surface area contributed by atoms with Gasteiger partial charge in [-0.3, -0.25) is 4.79 Å². The number of ether oxygens (including phenoxy) is 1. The Hall–Kier alpha value is -2.39. The Labute approximate surface area is 134 Å². The van der Waals surface area contributed by atoms with Crippen LogP contribution in [0.2, 0.25) is 5.02 Å². The van der Waals surface area contributed by atoms with Crippen molar-refractivity contribution >= 4 is 29.4 Å².